The molecule has 1 aromatic heterocycles. The van der Waals surface area contributed by atoms with Gasteiger partial charge in [0.2, 0.25) is 0 Å². The van der Waals surface area contributed by atoms with E-state index in [1.165, 1.54) is 5.56 Å². The molecule has 90 valence electrons. The van der Waals surface area contributed by atoms with Crippen molar-refractivity contribution in [3.63, 3.8) is 0 Å². The Bertz CT molecular complexity index is 520. The molecule has 0 aliphatic carbocycles. The molecule has 0 unspecified atom stereocenters. The minimum atomic E-state index is 0.405. The van der Waals surface area contributed by atoms with Crippen LogP contribution in [0.25, 0.3) is 0 Å². The van der Waals surface area contributed by atoms with Gasteiger partial charge in [-0.25, -0.2) is 4.98 Å². The van der Waals surface area contributed by atoms with Crippen LogP contribution in [0.1, 0.15) is 25.3 Å². The van der Waals surface area contributed by atoms with Crippen molar-refractivity contribution in [3.8, 4) is 11.8 Å². The summed E-state index contributed by atoms with van der Waals surface area (Å²) >= 11 is 3.48. The maximum atomic E-state index is 5.83. The highest BCUT2D eigenvalue weighted by Crippen LogP contribution is 2.32. The SMILES string of the molecule is CC(C)c1cc(Br)ccc1Oc1nccn1C. The second-order valence-electron chi connectivity index (χ2n) is 4.26. The summed E-state index contributed by atoms with van der Waals surface area (Å²) in [5, 5.41) is 0. The van der Waals surface area contributed by atoms with E-state index >= 15 is 0 Å². The fourth-order valence-corrected chi connectivity index (χ4v) is 1.99. The van der Waals surface area contributed by atoms with Gasteiger partial charge in [0.1, 0.15) is 5.75 Å². The molecule has 0 saturated carbocycles. The molecule has 0 radical (unpaired) electrons. The smallest absolute Gasteiger partial charge is 0.301 e. The molecule has 2 rings (SSSR count). The molecule has 0 N–H and O–H groups in total. The number of halogens is 1. The lowest BCUT2D eigenvalue weighted by atomic mass is 10.0. The van der Waals surface area contributed by atoms with Gasteiger partial charge in [-0.1, -0.05) is 29.8 Å². The molecule has 0 aliphatic rings. The Kier molecular flexibility index (Phi) is 3.52. The summed E-state index contributed by atoms with van der Waals surface area (Å²) in [6, 6.07) is 6.63. The first-order valence-electron chi connectivity index (χ1n) is 5.52. The van der Waals surface area contributed by atoms with Crippen LogP contribution >= 0.6 is 15.9 Å². The van der Waals surface area contributed by atoms with Crippen molar-refractivity contribution in [3.05, 3.63) is 40.6 Å². The van der Waals surface area contributed by atoms with Gasteiger partial charge in [0.05, 0.1) is 0 Å². The number of nitrogens with zero attached hydrogens (tertiary/aromatic N) is 2. The predicted molar refractivity (Wildman–Crippen MR) is 71.5 cm³/mol. The van der Waals surface area contributed by atoms with Gasteiger partial charge in [-0.2, -0.15) is 0 Å². The van der Waals surface area contributed by atoms with Gasteiger partial charge in [-0.15, -0.1) is 0 Å². The van der Waals surface area contributed by atoms with Crippen LogP contribution in [0.15, 0.2) is 35.1 Å². The number of benzene rings is 1. The summed E-state index contributed by atoms with van der Waals surface area (Å²) in [6.07, 6.45) is 3.59. The van der Waals surface area contributed by atoms with Crippen molar-refractivity contribution in [1.29, 1.82) is 0 Å². The van der Waals surface area contributed by atoms with Gasteiger partial charge in [0.15, 0.2) is 0 Å². The number of aromatic nitrogens is 2. The number of hydrogen-bond acceptors (Lipinski definition) is 2. The lowest BCUT2D eigenvalue weighted by molar-refractivity contribution is 0.418. The summed E-state index contributed by atoms with van der Waals surface area (Å²) in [6.45, 7) is 4.29. The van der Waals surface area contributed by atoms with Crippen LogP contribution in [0.3, 0.4) is 0 Å². The molecule has 3 nitrogen and oxygen atoms in total. The van der Waals surface area contributed by atoms with Crippen LogP contribution in [0, 0.1) is 0 Å². The predicted octanol–water partition coefficient (Wildman–Crippen LogP) is 4.10. The van der Waals surface area contributed by atoms with E-state index in [9.17, 15) is 0 Å². The molecule has 2 aromatic rings. The van der Waals surface area contributed by atoms with Crippen molar-refractivity contribution < 1.29 is 4.74 Å². The van der Waals surface area contributed by atoms with Crippen molar-refractivity contribution in [2.45, 2.75) is 19.8 Å². The Labute approximate surface area is 110 Å². The van der Waals surface area contributed by atoms with Gasteiger partial charge in [0, 0.05) is 23.9 Å². The molecular weight excluding hydrogens is 280 g/mol. The Morgan fingerprint density at radius 2 is 2.12 bits per heavy atom. The van der Waals surface area contributed by atoms with E-state index in [4.69, 9.17) is 4.74 Å². The normalized spacial score (nSPS) is 10.9. The highest BCUT2D eigenvalue weighted by Gasteiger charge is 2.11. The van der Waals surface area contributed by atoms with E-state index in [2.05, 4.69) is 40.8 Å². The zero-order valence-corrected chi connectivity index (χ0v) is 11.7. The number of imidazole rings is 1. The van der Waals surface area contributed by atoms with Gasteiger partial charge >= 0.3 is 6.01 Å². The molecule has 17 heavy (non-hydrogen) atoms. The molecule has 0 fully saturated rings. The zero-order valence-electron chi connectivity index (χ0n) is 10.1. The maximum Gasteiger partial charge on any atom is 0.301 e. The summed E-state index contributed by atoms with van der Waals surface area (Å²) in [4.78, 5) is 4.16. The second kappa shape index (κ2) is 4.92. The average molecular weight is 295 g/mol. The van der Waals surface area contributed by atoms with Crippen LogP contribution in [0.5, 0.6) is 11.8 Å². The molecule has 0 amide bonds. The summed E-state index contributed by atoms with van der Waals surface area (Å²) in [5.74, 6) is 1.26. The van der Waals surface area contributed by atoms with Crippen molar-refractivity contribution >= 4 is 15.9 Å². The lowest BCUT2D eigenvalue weighted by Crippen LogP contribution is -1.98. The molecule has 1 aromatic carbocycles. The van der Waals surface area contributed by atoms with Crippen LogP contribution < -0.4 is 4.74 Å². The van der Waals surface area contributed by atoms with Crippen LogP contribution in [0.2, 0.25) is 0 Å². The first-order chi connectivity index (χ1) is 8.08. The zero-order chi connectivity index (χ0) is 12.4. The third-order valence-corrected chi connectivity index (χ3v) is 3.07. The Morgan fingerprint density at radius 3 is 2.71 bits per heavy atom. The number of hydrogen-bond donors (Lipinski definition) is 0. The maximum absolute atomic E-state index is 5.83. The minimum Gasteiger partial charge on any atom is -0.425 e. The number of rotatable bonds is 3. The lowest BCUT2D eigenvalue weighted by Gasteiger charge is -2.13. The van der Waals surface area contributed by atoms with Crippen LogP contribution in [0.4, 0.5) is 0 Å². The molecule has 0 saturated heterocycles. The van der Waals surface area contributed by atoms with Gasteiger partial charge in [-0.3, -0.25) is 0 Å². The molecule has 0 aliphatic heterocycles. The largest absolute Gasteiger partial charge is 0.425 e. The van der Waals surface area contributed by atoms with Gasteiger partial charge < -0.3 is 9.30 Å². The minimum absolute atomic E-state index is 0.405. The molecule has 0 spiro atoms. The first kappa shape index (κ1) is 12.2. The Morgan fingerprint density at radius 1 is 1.35 bits per heavy atom. The summed E-state index contributed by atoms with van der Waals surface area (Å²) in [5.41, 5.74) is 1.17. The molecule has 4 heteroatoms. The van der Waals surface area contributed by atoms with Crippen molar-refractivity contribution in [2.24, 2.45) is 7.05 Å². The third kappa shape index (κ3) is 2.69. The Balaban J connectivity index is 2.36. The fourth-order valence-electron chi connectivity index (χ4n) is 1.61. The first-order valence-corrected chi connectivity index (χ1v) is 6.32. The van der Waals surface area contributed by atoms with E-state index in [0.717, 1.165) is 10.2 Å². The van der Waals surface area contributed by atoms with Crippen molar-refractivity contribution in [2.75, 3.05) is 0 Å². The van der Waals surface area contributed by atoms with Crippen LogP contribution in [-0.4, -0.2) is 9.55 Å². The van der Waals surface area contributed by atoms with Crippen molar-refractivity contribution in [1.82, 2.24) is 9.55 Å². The summed E-state index contributed by atoms with van der Waals surface area (Å²) < 4.78 is 8.74. The highest BCUT2D eigenvalue weighted by atomic mass is 79.9. The molecular formula is C13H15BrN2O. The topological polar surface area (TPSA) is 27.1 Å². The Hall–Kier alpha value is -1.29. The van der Waals surface area contributed by atoms with Crippen LogP contribution in [-0.2, 0) is 7.05 Å². The van der Waals surface area contributed by atoms with Gasteiger partial charge in [0.25, 0.3) is 0 Å². The number of ether oxygens (including phenoxy) is 1. The van der Waals surface area contributed by atoms with E-state index in [0.29, 0.717) is 11.9 Å². The monoisotopic (exact) mass is 294 g/mol. The van der Waals surface area contributed by atoms with E-state index in [1.807, 2.05) is 29.9 Å². The van der Waals surface area contributed by atoms with E-state index in [1.54, 1.807) is 6.20 Å². The molecule has 0 bridgehead atoms. The molecule has 0 atom stereocenters. The second-order valence-corrected chi connectivity index (χ2v) is 5.18. The quantitative estimate of drug-likeness (QED) is 0.852. The highest BCUT2D eigenvalue weighted by molar-refractivity contribution is 9.10. The average Bonchev–Trinajstić information content (AvgIpc) is 2.67. The fraction of sp³-hybridized carbons (Fsp3) is 0.308. The number of aryl methyl sites for hydroxylation is 1. The van der Waals surface area contributed by atoms with E-state index in [-0.39, 0.29) is 0 Å². The van der Waals surface area contributed by atoms with E-state index < -0.39 is 0 Å². The summed E-state index contributed by atoms with van der Waals surface area (Å²) in [7, 11) is 1.91. The molecule has 1 heterocycles. The third-order valence-electron chi connectivity index (χ3n) is 2.57. The van der Waals surface area contributed by atoms with Gasteiger partial charge in [-0.05, 0) is 29.7 Å². The standard InChI is InChI=1S/C13H15BrN2O/c1-9(2)11-8-10(14)4-5-12(11)17-13-15-6-7-16(13)3/h4-9H,1-3H3.